The van der Waals surface area contributed by atoms with Crippen molar-refractivity contribution in [3.8, 4) is 0 Å². The smallest absolute Gasteiger partial charge is 0.261 e. The zero-order valence-electron chi connectivity index (χ0n) is 26.3. The van der Waals surface area contributed by atoms with Gasteiger partial charge in [-0.25, -0.2) is 0 Å². The second-order valence-electron chi connectivity index (χ2n) is 13.3. The van der Waals surface area contributed by atoms with Gasteiger partial charge >= 0.3 is 0 Å². The Kier molecular flexibility index (Phi) is 12.9. The van der Waals surface area contributed by atoms with Gasteiger partial charge in [-0.2, -0.15) is 0 Å². The molecule has 0 unspecified atom stereocenters. The molecule has 0 N–H and O–H groups in total. The molecular weight excluding hydrogens is 529 g/mol. The summed E-state index contributed by atoms with van der Waals surface area (Å²) in [5, 5.41) is 2.58. The fraction of sp³-hybridized carbons (Fsp3) is 0.515. The number of hydrogen-bond acceptors (Lipinski definition) is 3. The Balaban J connectivity index is 2.31. The van der Waals surface area contributed by atoms with Crippen molar-refractivity contribution in [2.24, 2.45) is 0 Å². The van der Waals surface area contributed by atoms with Gasteiger partial charge in [-0.1, -0.05) is 113 Å². The second kappa shape index (κ2) is 14.9. The minimum absolute atomic E-state index is 0.0328. The maximum absolute atomic E-state index is 7.05. The van der Waals surface area contributed by atoms with Crippen molar-refractivity contribution in [2.75, 3.05) is 6.61 Å². The molecule has 2 atom stereocenters. The lowest BCUT2D eigenvalue weighted by molar-refractivity contribution is 0.0475. The van der Waals surface area contributed by atoms with Gasteiger partial charge in [0.15, 0.2) is 16.6 Å². The maximum atomic E-state index is 7.05. The topological polar surface area (TPSA) is 27.7 Å². The number of benzene rings is 2. The van der Waals surface area contributed by atoms with Gasteiger partial charge in [0.2, 0.25) is 0 Å². The van der Waals surface area contributed by atoms with E-state index in [2.05, 4.69) is 152 Å². The van der Waals surface area contributed by atoms with Crippen molar-refractivity contribution in [3.63, 3.8) is 0 Å². The maximum Gasteiger partial charge on any atom is 0.261 e. The number of hydrogen-bond donors (Lipinski definition) is 0. The second-order valence-corrected chi connectivity index (χ2v) is 26.6. The summed E-state index contributed by atoms with van der Waals surface area (Å²) < 4.78 is 20.5. The summed E-state index contributed by atoms with van der Waals surface area (Å²) in [5.74, 6) is 0. The third-order valence-electron chi connectivity index (χ3n) is 6.54. The highest BCUT2D eigenvalue weighted by Crippen LogP contribution is 2.36. The summed E-state index contributed by atoms with van der Waals surface area (Å²) in [5.41, 5.74) is 0. The van der Waals surface area contributed by atoms with E-state index in [1.54, 1.807) is 0 Å². The summed E-state index contributed by atoms with van der Waals surface area (Å²) >= 11 is 0. The van der Waals surface area contributed by atoms with Crippen LogP contribution in [0.4, 0.5) is 0 Å². The van der Waals surface area contributed by atoms with Gasteiger partial charge < -0.3 is 13.3 Å². The molecule has 3 nitrogen and oxygen atoms in total. The fourth-order valence-corrected chi connectivity index (χ4v) is 11.9. The molecule has 0 aliphatic carbocycles. The Morgan fingerprint density at radius 3 is 1.41 bits per heavy atom. The Hall–Kier alpha value is -1.55. The first-order valence-corrected chi connectivity index (χ1v) is 23.3. The minimum atomic E-state index is -2.54. The lowest BCUT2D eigenvalue weighted by Crippen LogP contribution is -2.66. The predicted octanol–water partition coefficient (Wildman–Crippen LogP) is 8.31. The first kappa shape index (κ1) is 33.7. The molecule has 0 saturated carbocycles. The molecule has 0 spiro atoms. The van der Waals surface area contributed by atoms with Crippen molar-refractivity contribution >= 4 is 35.3 Å². The molecule has 0 aliphatic rings. The first-order valence-electron chi connectivity index (χ1n) is 14.6. The highest BCUT2D eigenvalue weighted by molar-refractivity contribution is 6.99. The van der Waals surface area contributed by atoms with E-state index in [1.165, 1.54) is 10.4 Å². The molecule has 6 heteroatoms. The Bertz CT molecular complexity index is 977. The van der Waals surface area contributed by atoms with Crippen LogP contribution in [0.5, 0.6) is 0 Å². The van der Waals surface area contributed by atoms with Crippen molar-refractivity contribution in [3.05, 3.63) is 85.0 Å². The minimum Gasteiger partial charge on any atom is -0.412 e. The highest BCUT2D eigenvalue weighted by Gasteiger charge is 2.49. The van der Waals surface area contributed by atoms with Crippen molar-refractivity contribution < 1.29 is 13.3 Å². The summed E-state index contributed by atoms with van der Waals surface area (Å²) in [6, 6.07) is 21.7. The summed E-state index contributed by atoms with van der Waals surface area (Å²) in [4.78, 5) is 0. The van der Waals surface area contributed by atoms with E-state index in [-0.39, 0.29) is 17.2 Å². The molecule has 216 valence electrons. The fourth-order valence-electron chi connectivity index (χ4n) is 5.09. The Morgan fingerprint density at radius 1 is 0.641 bits per heavy atom. The van der Waals surface area contributed by atoms with Crippen LogP contribution in [0.2, 0.25) is 44.3 Å². The lowest BCUT2D eigenvalue weighted by Gasteiger charge is -2.42. The zero-order chi connectivity index (χ0) is 29.2. The molecule has 0 bridgehead atoms. The summed E-state index contributed by atoms with van der Waals surface area (Å²) in [7, 11) is -6.04. The number of rotatable bonds is 15. The molecule has 39 heavy (non-hydrogen) atoms. The Morgan fingerprint density at radius 2 is 1.05 bits per heavy atom. The monoisotopic (exact) mass is 582 g/mol. The SMILES string of the molecule is CC/C=C/C[C@@H](O[Si](C)(C)C)[C@@H](C/C=C/CO[Si](c1ccccc1)(c1ccccc1)C(C)(C)C)O[Si](C)(C)C. The average Bonchev–Trinajstić information content (AvgIpc) is 2.84. The van der Waals surface area contributed by atoms with E-state index in [1.807, 2.05) is 0 Å². The van der Waals surface area contributed by atoms with Crippen molar-refractivity contribution in [1.29, 1.82) is 0 Å². The van der Waals surface area contributed by atoms with Crippen LogP contribution < -0.4 is 10.4 Å². The van der Waals surface area contributed by atoms with Gasteiger partial charge in [0.1, 0.15) is 0 Å². The molecule has 0 radical (unpaired) electrons. The normalized spacial score (nSPS) is 15.2. The van der Waals surface area contributed by atoms with Crippen LogP contribution in [0.1, 0.15) is 47.0 Å². The van der Waals surface area contributed by atoms with Crippen LogP contribution >= 0.6 is 0 Å². The molecule has 0 aromatic heterocycles. The quantitative estimate of drug-likeness (QED) is 0.156. The van der Waals surface area contributed by atoms with Crippen LogP contribution in [-0.4, -0.2) is 43.8 Å². The molecule has 0 saturated heterocycles. The van der Waals surface area contributed by atoms with E-state index in [4.69, 9.17) is 13.3 Å². The standard InChI is InChI=1S/C33H54O3Si3/c1-11-12-15-26-31(35-37(5,6)7)32(36-38(8,9)10)27-20-21-28-34-39(33(2,3)4,29-22-16-13-17-23-29)30-24-18-14-19-25-30/h12-25,31-32H,11,26-28H2,1-10H3/b15-12+,21-20+/t31-,32-/m1/s1. The van der Waals surface area contributed by atoms with E-state index in [0.29, 0.717) is 6.61 Å². The van der Waals surface area contributed by atoms with Gasteiger partial charge in [-0.15, -0.1) is 0 Å². The third-order valence-corrected chi connectivity index (χ3v) is 13.6. The van der Waals surface area contributed by atoms with Crippen LogP contribution in [0, 0.1) is 0 Å². The molecular formula is C33H54O3Si3. The van der Waals surface area contributed by atoms with E-state index in [0.717, 1.165) is 19.3 Å². The first-order chi connectivity index (χ1) is 18.2. The molecule has 0 fully saturated rings. The van der Waals surface area contributed by atoms with Gasteiger partial charge in [-0.3, -0.25) is 0 Å². The predicted molar refractivity (Wildman–Crippen MR) is 178 cm³/mol. The van der Waals surface area contributed by atoms with E-state index in [9.17, 15) is 0 Å². The summed E-state index contributed by atoms with van der Waals surface area (Å²) in [6.07, 6.45) is 11.8. The number of allylic oxidation sites excluding steroid dienone is 1. The van der Waals surface area contributed by atoms with Crippen LogP contribution in [0.15, 0.2) is 85.0 Å². The molecule has 2 aromatic carbocycles. The zero-order valence-corrected chi connectivity index (χ0v) is 29.3. The highest BCUT2D eigenvalue weighted by atomic mass is 28.4. The Labute approximate surface area is 243 Å². The molecule has 0 amide bonds. The van der Waals surface area contributed by atoms with Crippen LogP contribution in [0.25, 0.3) is 0 Å². The van der Waals surface area contributed by atoms with Gasteiger partial charge in [0, 0.05) is 0 Å². The molecule has 2 aromatic rings. The molecule has 2 rings (SSSR count). The molecule has 0 aliphatic heterocycles. The van der Waals surface area contributed by atoms with Crippen LogP contribution in [0.3, 0.4) is 0 Å². The van der Waals surface area contributed by atoms with Crippen molar-refractivity contribution in [1.82, 2.24) is 0 Å². The van der Waals surface area contributed by atoms with E-state index >= 15 is 0 Å². The van der Waals surface area contributed by atoms with Crippen molar-refractivity contribution in [2.45, 2.75) is 103 Å². The van der Waals surface area contributed by atoms with Gasteiger partial charge in [-0.05, 0) is 74.0 Å². The van der Waals surface area contributed by atoms with Gasteiger partial charge in [0.25, 0.3) is 8.32 Å². The van der Waals surface area contributed by atoms with Crippen LogP contribution in [-0.2, 0) is 13.3 Å². The average molecular weight is 583 g/mol. The van der Waals surface area contributed by atoms with Gasteiger partial charge in [0.05, 0.1) is 18.8 Å². The summed E-state index contributed by atoms with van der Waals surface area (Å²) in [6.45, 7) is 23.3. The molecule has 0 heterocycles. The lowest BCUT2D eigenvalue weighted by atomic mass is 10.1. The largest absolute Gasteiger partial charge is 0.412 e. The van der Waals surface area contributed by atoms with E-state index < -0.39 is 25.0 Å². The third kappa shape index (κ3) is 10.7.